The SMILES string of the molecule is CCCC(=O)Nc1cccc(CNC(=NC)NCc2nc(C(F)(F)F)cs2)c1. The Balaban J connectivity index is 1.87. The number of hydrogen-bond acceptors (Lipinski definition) is 4. The molecule has 0 fully saturated rings. The van der Waals surface area contributed by atoms with Crippen LogP contribution in [-0.2, 0) is 24.1 Å². The van der Waals surface area contributed by atoms with E-state index in [-0.39, 0.29) is 12.5 Å². The number of carbonyl (C=O) groups excluding carboxylic acids is 1. The second-order valence-electron chi connectivity index (χ2n) is 5.90. The van der Waals surface area contributed by atoms with Crippen molar-refractivity contribution in [2.24, 2.45) is 4.99 Å². The number of nitrogens with one attached hydrogen (secondary N) is 3. The number of nitrogens with zero attached hydrogens (tertiary/aromatic N) is 2. The maximum Gasteiger partial charge on any atom is 0.434 e. The van der Waals surface area contributed by atoms with E-state index in [0.717, 1.165) is 28.7 Å². The van der Waals surface area contributed by atoms with Gasteiger partial charge in [0.2, 0.25) is 5.91 Å². The van der Waals surface area contributed by atoms with Gasteiger partial charge in [-0.3, -0.25) is 9.79 Å². The predicted molar refractivity (Wildman–Crippen MR) is 104 cm³/mol. The summed E-state index contributed by atoms with van der Waals surface area (Å²) in [6.07, 6.45) is -3.20. The lowest BCUT2D eigenvalue weighted by atomic mass is 10.2. The van der Waals surface area contributed by atoms with Gasteiger partial charge in [-0.15, -0.1) is 11.3 Å². The number of rotatable bonds is 7. The van der Waals surface area contributed by atoms with Gasteiger partial charge in [-0.2, -0.15) is 13.2 Å². The van der Waals surface area contributed by atoms with Crippen LogP contribution in [0.3, 0.4) is 0 Å². The normalized spacial score (nSPS) is 12.0. The number of halogens is 3. The molecule has 10 heteroatoms. The minimum absolute atomic E-state index is 0.0354. The molecule has 3 N–H and O–H groups in total. The van der Waals surface area contributed by atoms with Crippen molar-refractivity contribution in [2.75, 3.05) is 12.4 Å². The highest BCUT2D eigenvalue weighted by atomic mass is 32.1. The highest BCUT2D eigenvalue weighted by molar-refractivity contribution is 7.09. The Kier molecular flexibility index (Phi) is 7.80. The van der Waals surface area contributed by atoms with Crippen molar-refractivity contribution in [3.8, 4) is 0 Å². The minimum atomic E-state index is -4.44. The largest absolute Gasteiger partial charge is 0.434 e. The van der Waals surface area contributed by atoms with Gasteiger partial charge in [0.05, 0.1) is 6.54 Å². The maximum absolute atomic E-state index is 12.6. The molecule has 0 saturated heterocycles. The Morgan fingerprint density at radius 1 is 1.25 bits per heavy atom. The van der Waals surface area contributed by atoms with Gasteiger partial charge in [-0.05, 0) is 24.1 Å². The van der Waals surface area contributed by atoms with Gasteiger partial charge in [-0.1, -0.05) is 19.1 Å². The average molecular weight is 413 g/mol. The number of aromatic nitrogens is 1. The smallest absolute Gasteiger partial charge is 0.352 e. The standard InChI is InChI=1S/C18H22F3N5OS/c1-3-5-15(27)25-13-7-4-6-12(8-13)9-23-17(22-2)24-10-16-26-14(11-28-16)18(19,20)21/h4,6-8,11H,3,5,9-10H2,1-2H3,(H,25,27)(H2,22,23,24). The number of guanidine groups is 1. The van der Waals surface area contributed by atoms with Crippen LogP contribution in [-0.4, -0.2) is 23.9 Å². The fraction of sp³-hybridized carbons (Fsp3) is 0.389. The van der Waals surface area contributed by atoms with Crippen LogP contribution in [0.25, 0.3) is 0 Å². The van der Waals surface area contributed by atoms with Crippen molar-refractivity contribution in [3.63, 3.8) is 0 Å². The molecule has 0 radical (unpaired) electrons. The summed E-state index contributed by atoms with van der Waals surface area (Å²) in [5.41, 5.74) is 0.744. The summed E-state index contributed by atoms with van der Waals surface area (Å²) in [6, 6.07) is 7.39. The summed E-state index contributed by atoms with van der Waals surface area (Å²) >= 11 is 0.938. The van der Waals surface area contributed by atoms with Gasteiger partial charge < -0.3 is 16.0 Å². The third-order valence-corrected chi connectivity index (χ3v) is 4.47. The Morgan fingerprint density at radius 2 is 2.00 bits per heavy atom. The number of hydrogen-bond donors (Lipinski definition) is 3. The summed E-state index contributed by atoms with van der Waals surface area (Å²) in [7, 11) is 1.57. The summed E-state index contributed by atoms with van der Waals surface area (Å²) < 4.78 is 37.8. The number of aliphatic imine (C=N–C) groups is 1. The van der Waals surface area contributed by atoms with E-state index in [1.807, 2.05) is 31.2 Å². The molecule has 0 aliphatic carbocycles. The van der Waals surface area contributed by atoms with Gasteiger partial charge >= 0.3 is 6.18 Å². The number of anilines is 1. The Bertz CT molecular complexity index is 820. The maximum atomic E-state index is 12.6. The molecule has 0 saturated carbocycles. The molecule has 28 heavy (non-hydrogen) atoms. The predicted octanol–water partition coefficient (Wildman–Crippen LogP) is 3.77. The van der Waals surface area contributed by atoms with Crippen LogP contribution in [0.15, 0.2) is 34.6 Å². The first-order valence-corrected chi connectivity index (χ1v) is 9.54. The van der Waals surface area contributed by atoms with Crippen LogP contribution in [0.1, 0.15) is 36.0 Å². The first kappa shape index (κ1) is 21.7. The fourth-order valence-electron chi connectivity index (χ4n) is 2.30. The lowest BCUT2D eigenvalue weighted by Gasteiger charge is -2.12. The van der Waals surface area contributed by atoms with E-state index in [4.69, 9.17) is 0 Å². The van der Waals surface area contributed by atoms with Crippen molar-refractivity contribution in [3.05, 3.63) is 45.9 Å². The van der Waals surface area contributed by atoms with E-state index in [2.05, 4.69) is 25.9 Å². The molecular weight excluding hydrogens is 391 g/mol. The average Bonchev–Trinajstić information content (AvgIpc) is 3.12. The van der Waals surface area contributed by atoms with E-state index < -0.39 is 11.9 Å². The molecule has 2 aromatic rings. The second kappa shape index (κ2) is 10.1. The van der Waals surface area contributed by atoms with Crippen LogP contribution >= 0.6 is 11.3 Å². The zero-order valence-corrected chi connectivity index (χ0v) is 16.4. The first-order chi connectivity index (χ1) is 13.3. The van der Waals surface area contributed by atoms with Gasteiger partial charge in [0, 0.05) is 31.1 Å². The van der Waals surface area contributed by atoms with Gasteiger partial charge in [0.1, 0.15) is 5.01 Å². The number of alkyl halides is 3. The van der Waals surface area contributed by atoms with Crippen molar-refractivity contribution < 1.29 is 18.0 Å². The molecule has 1 aromatic carbocycles. The van der Waals surface area contributed by atoms with E-state index in [9.17, 15) is 18.0 Å². The third kappa shape index (κ3) is 6.84. The highest BCUT2D eigenvalue weighted by Gasteiger charge is 2.33. The fourth-order valence-corrected chi connectivity index (χ4v) is 3.04. The summed E-state index contributed by atoms with van der Waals surface area (Å²) in [4.78, 5) is 19.3. The minimum Gasteiger partial charge on any atom is -0.352 e. The van der Waals surface area contributed by atoms with E-state index in [1.54, 1.807) is 7.05 Å². The summed E-state index contributed by atoms with van der Waals surface area (Å²) in [6.45, 7) is 2.50. The zero-order chi connectivity index (χ0) is 20.6. The van der Waals surface area contributed by atoms with E-state index in [1.165, 1.54) is 0 Å². The lowest BCUT2D eigenvalue weighted by molar-refractivity contribution is -0.140. The van der Waals surface area contributed by atoms with Crippen LogP contribution in [0, 0.1) is 0 Å². The highest BCUT2D eigenvalue weighted by Crippen LogP contribution is 2.29. The molecule has 2 rings (SSSR count). The number of amides is 1. The molecule has 1 amide bonds. The van der Waals surface area contributed by atoms with Crippen molar-refractivity contribution in [1.29, 1.82) is 0 Å². The molecule has 152 valence electrons. The molecular formula is C18H22F3N5OS. The Hall–Kier alpha value is -2.62. The van der Waals surface area contributed by atoms with Crippen LogP contribution < -0.4 is 16.0 Å². The van der Waals surface area contributed by atoms with Gasteiger partial charge in [0.25, 0.3) is 0 Å². The second-order valence-corrected chi connectivity index (χ2v) is 6.84. The molecule has 0 aliphatic rings. The quantitative estimate of drug-likeness (QED) is 0.477. The van der Waals surface area contributed by atoms with E-state index in [0.29, 0.717) is 29.6 Å². The summed E-state index contributed by atoms with van der Waals surface area (Å²) in [5, 5.41) is 10.2. The van der Waals surface area contributed by atoms with Crippen LogP contribution in [0.5, 0.6) is 0 Å². The number of carbonyl (C=O) groups is 1. The molecule has 1 aromatic heterocycles. The monoisotopic (exact) mass is 413 g/mol. The number of thiazole rings is 1. The van der Waals surface area contributed by atoms with Crippen molar-refractivity contribution >= 4 is 28.9 Å². The Labute approximate surface area is 165 Å². The lowest BCUT2D eigenvalue weighted by Crippen LogP contribution is -2.36. The van der Waals surface area contributed by atoms with Gasteiger partial charge in [0.15, 0.2) is 11.7 Å². The number of benzene rings is 1. The molecule has 0 atom stereocenters. The molecule has 0 spiro atoms. The topological polar surface area (TPSA) is 78.4 Å². The molecule has 0 aliphatic heterocycles. The molecule has 0 bridgehead atoms. The third-order valence-electron chi connectivity index (χ3n) is 3.62. The molecule has 1 heterocycles. The van der Waals surface area contributed by atoms with Crippen LogP contribution in [0.2, 0.25) is 0 Å². The van der Waals surface area contributed by atoms with Gasteiger partial charge in [-0.25, -0.2) is 4.98 Å². The molecule has 0 unspecified atom stereocenters. The van der Waals surface area contributed by atoms with Crippen molar-refractivity contribution in [1.82, 2.24) is 15.6 Å². The van der Waals surface area contributed by atoms with E-state index >= 15 is 0 Å². The first-order valence-electron chi connectivity index (χ1n) is 8.66. The Morgan fingerprint density at radius 3 is 2.64 bits per heavy atom. The van der Waals surface area contributed by atoms with Crippen molar-refractivity contribution in [2.45, 2.75) is 39.0 Å². The zero-order valence-electron chi connectivity index (χ0n) is 15.6. The van der Waals surface area contributed by atoms with Crippen LogP contribution in [0.4, 0.5) is 18.9 Å². The summed E-state index contributed by atoms with van der Waals surface area (Å²) in [5.74, 6) is 0.399. The molecule has 6 nitrogen and oxygen atoms in total.